The van der Waals surface area contributed by atoms with Gasteiger partial charge in [0.25, 0.3) is 5.56 Å². The summed E-state index contributed by atoms with van der Waals surface area (Å²) in [4.78, 5) is 21.8. The molecule has 4 nitrogen and oxygen atoms in total. The summed E-state index contributed by atoms with van der Waals surface area (Å²) in [5, 5.41) is 12.4. The zero-order chi connectivity index (χ0) is 19.1. The van der Waals surface area contributed by atoms with Gasteiger partial charge in [-0.2, -0.15) is 0 Å². The highest BCUT2D eigenvalue weighted by atomic mass is 32.1. The normalized spacial score (nSPS) is 13.7. The fourth-order valence-electron chi connectivity index (χ4n) is 3.94. The second kappa shape index (κ2) is 7.18. The van der Waals surface area contributed by atoms with Crippen molar-refractivity contribution in [3.05, 3.63) is 68.1 Å². The van der Waals surface area contributed by atoms with Gasteiger partial charge in [0, 0.05) is 11.4 Å². The van der Waals surface area contributed by atoms with Crippen LogP contribution < -0.4 is 5.56 Å². The second-order valence-corrected chi connectivity index (χ2v) is 9.21. The van der Waals surface area contributed by atoms with Crippen LogP contribution in [0.4, 0.5) is 0 Å². The van der Waals surface area contributed by atoms with Gasteiger partial charge >= 0.3 is 0 Å². The molecular weight excluding hydrogens is 388 g/mol. The summed E-state index contributed by atoms with van der Waals surface area (Å²) >= 11 is 3.32. The summed E-state index contributed by atoms with van der Waals surface area (Å²) in [6, 6.07) is 11.2. The number of benzene rings is 1. The van der Waals surface area contributed by atoms with Gasteiger partial charge in [-0.1, -0.05) is 18.2 Å². The molecule has 1 aliphatic carbocycles. The molecule has 0 radical (unpaired) electrons. The smallest absolute Gasteiger partial charge is 0.262 e. The number of aromatic nitrogens is 2. The predicted molar refractivity (Wildman–Crippen MR) is 116 cm³/mol. The Bertz CT molecular complexity index is 1190. The van der Waals surface area contributed by atoms with Gasteiger partial charge in [-0.25, -0.2) is 4.98 Å². The predicted octanol–water partition coefficient (Wildman–Crippen LogP) is 5.01. The van der Waals surface area contributed by atoms with Gasteiger partial charge in [-0.3, -0.25) is 9.36 Å². The Morgan fingerprint density at radius 2 is 1.93 bits per heavy atom. The zero-order valence-electron chi connectivity index (χ0n) is 15.4. The molecule has 1 N–H and O–H groups in total. The van der Waals surface area contributed by atoms with E-state index in [2.05, 4.69) is 0 Å². The molecule has 28 heavy (non-hydrogen) atoms. The van der Waals surface area contributed by atoms with E-state index in [1.807, 2.05) is 34.2 Å². The van der Waals surface area contributed by atoms with Gasteiger partial charge in [-0.05, 0) is 66.8 Å². The zero-order valence-corrected chi connectivity index (χ0v) is 17.0. The van der Waals surface area contributed by atoms with E-state index in [0.717, 1.165) is 52.2 Å². The van der Waals surface area contributed by atoms with Crippen molar-refractivity contribution < 1.29 is 5.11 Å². The maximum atomic E-state index is 13.5. The third-order valence-electron chi connectivity index (χ3n) is 5.38. The van der Waals surface area contributed by atoms with E-state index >= 15 is 0 Å². The van der Waals surface area contributed by atoms with Crippen LogP contribution in [0.2, 0.25) is 0 Å². The summed E-state index contributed by atoms with van der Waals surface area (Å²) in [7, 11) is 0. The number of aryl methyl sites for hydroxylation is 3. The van der Waals surface area contributed by atoms with Crippen molar-refractivity contribution in [1.82, 2.24) is 9.55 Å². The molecule has 3 heterocycles. The Morgan fingerprint density at radius 1 is 1.11 bits per heavy atom. The third kappa shape index (κ3) is 3.06. The van der Waals surface area contributed by atoms with Crippen molar-refractivity contribution in [1.29, 1.82) is 0 Å². The fraction of sp³-hybridized carbons (Fsp3) is 0.273. The molecule has 1 aromatic carbocycles. The molecule has 3 aromatic heterocycles. The highest BCUT2D eigenvalue weighted by Crippen LogP contribution is 2.35. The molecule has 0 atom stereocenters. The molecule has 0 spiro atoms. The van der Waals surface area contributed by atoms with Crippen LogP contribution in [0, 0.1) is 0 Å². The van der Waals surface area contributed by atoms with Crippen molar-refractivity contribution in [2.24, 2.45) is 0 Å². The lowest BCUT2D eigenvalue weighted by Crippen LogP contribution is -2.24. The van der Waals surface area contributed by atoms with Crippen molar-refractivity contribution in [2.75, 3.05) is 0 Å². The molecule has 0 fully saturated rings. The number of nitrogens with zero attached hydrogens (tertiary/aromatic N) is 2. The maximum Gasteiger partial charge on any atom is 0.262 e. The first-order chi connectivity index (χ1) is 13.7. The van der Waals surface area contributed by atoms with Crippen LogP contribution in [0.1, 0.15) is 28.8 Å². The molecule has 142 valence electrons. The number of hydrogen-bond acceptors (Lipinski definition) is 5. The molecule has 1 aliphatic rings. The lowest BCUT2D eigenvalue weighted by molar-refractivity contribution is 0.475. The molecular formula is C22H20N2O2S2. The SMILES string of the molecule is O=c1c2c3c(sc2nc(-c2cccs2)n1CCc1ccc(O)cc1)CCCC3. The molecule has 0 bridgehead atoms. The van der Waals surface area contributed by atoms with Crippen molar-refractivity contribution in [2.45, 2.75) is 38.6 Å². The summed E-state index contributed by atoms with van der Waals surface area (Å²) in [5.41, 5.74) is 2.42. The Balaban J connectivity index is 1.64. The molecule has 5 rings (SSSR count). The Morgan fingerprint density at radius 3 is 2.71 bits per heavy atom. The number of phenols is 1. The third-order valence-corrected chi connectivity index (χ3v) is 7.43. The van der Waals surface area contributed by atoms with Gasteiger partial charge < -0.3 is 5.11 Å². The van der Waals surface area contributed by atoms with E-state index < -0.39 is 0 Å². The van der Waals surface area contributed by atoms with E-state index in [-0.39, 0.29) is 11.3 Å². The first kappa shape index (κ1) is 17.6. The van der Waals surface area contributed by atoms with Gasteiger partial charge in [0.1, 0.15) is 10.6 Å². The average molecular weight is 409 g/mol. The maximum absolute atomic E-state index is 13.5. The van der Waals surface area contributed by atoms with Crippen LogP contribution in [0.3, 0.4) is 0 Å². The van der Waals surface area contributed by atoms with E-state index in [0.29, 0.717) is 6.54 Å². The molecule has 0 amide bonds. The quantitative estimate of drug-likeness (QED) is 0.516. The summed E-state index contributed by atoms with van der Waals surface area (Å²) in [6.07, 6.45) is 5.13. The molecule has 0 aliphatic heterocycles. The number of hydrogen-bond donors (Lipinski definition) is 1. The monoisotopic (exact) mass is 408 g/mol. The van der Waals surface area contributed by atoms with Crippen molar-refractivity contribution >= 4 is 32.9 Å². The molecule has 0 saturated carbocycles. The molecule has 0 saturated heterocycles. The number of thiophene rings is 2. The standard InChI is InChI=1S/C22H20N2O2S2/c25-15-9-7-14(8-10-15)11-12-24-20(18-6-3-13-27-18)23-21-19(22(24)26)16-4-1-2-5-17(16)28-21/h3,6-10,13,25H,1-2,4-5,11-12H2. The van der Waals surface area contributed by atoms with Crippen LogP contribution in [-0.4, -0.2) is 14.7 Å². The van der Waals surface area contributed by atoms with Crippen LogP contribution in [0.15, 0.2) is 46.6 Å². The van der Waals surface area contributed by atoms with E-state index in [4.69, 9.17) is 4.98 Å². The lowest BCUT2D eigenvalue weighted by Gasteiger charge is -2.13. The average Bonchev–Trinajstić information content (AvgIpc) is 3.36. The van der Waals surface area contributed by atoms with Crippen LogP contribution in [0.5, 0.6) is 5.75 Å². The van der Waals surface area contributed by atoms with E-state index in [9.17, 15) is 9.90 Å². The largest absolute Gasteiger partial charge is 0.508 e. The van der Waals surface area contributed by atoms with Crippen molar-refractivity contribution in [3.8, 4) is 16.5 Å². The number of rotatable bonds is 4. The highest BCUT2D eigenvalue weighted by molar-refractivity contribution is 7.19. The van der Waals surface area contributed by atoms with E-state index in [1.165, 1.54) is 16.9 Å². The van der Waals surface area contributed by atoms with Gasteiger partial charge in [0.2, 0.25) is 0 Å². The molecule has 4 aromatic rings. The van der Waals surface area contributed by atoms with Crippen LogP contribution in [-0.2, 0) is 25.8 Å². The second-order valence-electron chi connectivity index (χ2n) is 7.18. The molecule has 6 heteroatoms. The Hall–Kier alpha value is -2.44. The summed E-state index contributed by atoms with van der Waals surface area (Å²) in [6.45, 7) is 0.574. The van der Waals surface area contributed by atoms with Crippen molar-refractivity contribution in [3.63, 3.8) is 0 Å². The van der Waals surface area contributed by atoms with Crippen LogP contribution in [0.25, 0.3) is 20.9 Å². The highest BCUT2D eigenvalue weighted by Gasteiger charge is 2.22. The first-order valence-electron chi connectivity index (χ1n) is 9.57. The number of aromatic hydroxyl groups is 1. The summed E-state index contributed by atoms with van der Waals surface area (Å²) < 4.78 is 1.85. The minimum atomic E-state index is 0.0894. The minimum absolute atomic E-state index is 0.0894. The first-order valence-corrected chi connectivity index (χ1v) is 11.3. The molecule has 0 unspecified atom stereocenters. The van der Waals surface area contributed by atoms with E-state index in [1.54, 1.807) is 34.8 Å². The Kier molecular flexibility index (Phi) is 4.53. The fourth-order valence-corrected chi connectivity index (χ4v) is 5.92. The minimum Gasteiger partial charge on any atom is -0.508 e. The van der Waals surface area contributed by atoms with Gasteiger partial charge in [0.05, 0.1) is 10.3 Å². The lowest BCUT2D eigenvalue weighted by atomic mass is 9.97. The number of phenolic OH excluding ortho intramolecular Hbond substituents is 1. The number of fused-ring (bicyclic) bond motifs is 3. The van der Waals surface area contributed by atoms with Crippen LogP contribution >= 0.6 is 22.7 Å². The van der Waals surface area contributed by atoms with Gasteiger partial charge in [-0.15, -0.1) is 22.7 Å². The topological polar surface area (TPSA) is 55.1 Å². The van der Waals surface area contributed by atoms with Gasteiger partial charge in [0.15, 0.2) is 5.82 Å². The Labute approximate surface area is 170 Å². The summed E-state index contributed by atoms with van der Waals surface area (Å²) in [5.74, 6) is 1.03.